The summed E-state index contributed by atoms with van der Waals surface area (Å²) in [6, 6.07) is 21.7. The molecule has 304 valence electrons. The minimum absolute atomic E-state index is 0.695. The van der Waals surface area contributed by atoms with Gasteiger partial charge in [0, 0.05) is 0 Å². The van der Waals surface area contributed by atoms with E-state index in [4.69, 9.17) is 10.6 Å². The van der Waals surface area contributed by atoms with E-state index in [0.717, 1.165) is 11.5 Å². The molecule has 0 spiro atoms. The molecule has 2 aromatic rings. The monoisotopic (exact) mass is 862 g/mol. The molecule has 4 nitrogen and oxygen atoms in total. The summed E-state index contributed by atoms with van der Waals surface area (Å²) in [6.07, 6.45) is 41.1. The molecule has 8 rings (SSSR count). The molecule has 0 radical (unpaired) electrons. The average Bonchev–Trinajstić information content (AvgIpc) is 3.27. The van der Waals surface area contributed by atoms with E-state index in [1.54, 1.807) is 0 Å². The third-order valence-corrected chi connectivity index (χ3v) is 39.7. The van der Waals surface area contributed by atoms with Crippen LogP contribution in [0.1, 0.15) is 193 Å². The van der Waals surface area contributed by atoms with Crippen LogP contribution in [0.4, 0.5) is 0 Å². The van der Waals surface area contributed by atoms with Gasteiger partial charge in [-0.2, -0.15) is 0 Å². The van der Waals surface area contributed by atoms with Gasteiger partial charge < -0.3 is 0 Å². The fourth-order valence-corrected chi connectivity index (χ4v) is 45.8. The summed E-state index contributed by atoms with van der Waals surface area (Å²) in [5.74, 6) is 1.85. The first-order chi connectivity index (χ1) is 27.2. The Hall–Kier alpha value is -0.723. The first kappa shape index (κ1) is 41.0. The summed E-state index contributed by atoms with van der Waals surface area (Å²) in [5.41, 5.74) is 4.17. The van der Waals surface area contributed by atoms with E-state index in [-0.39, 0.29) is 0 Å². The zero-order valence-corrected chi connectivity index (χ0v) is 39.0. The summed E-state index contributed by atoms with van der Waals surface area (Å²) in [4.78, 5) is 0. The van der Waals surface area contributed by atoms with Gasteiger partial charge in [-0.05, 0) is 0 Å². The van der Waals surface area contributed by atoms with Crippen molar-refractivity contribution in [3.63, 3.8) is 0 Å². The van der Waals surface area contributed by atoms with E-state index in [1.807, 2.05) is 0 Å². The fraction of sp³-hybridized carbons (Fsp3) is 0.750. The molecule has 0 atom stereocenters. The van der Waals surface area contributed by atoms with E-state index in [1.165, 1.54) is 193 Å². The molecule has 55 heavy (non-hydrogen) atoms. The van der Waals surface area contributed by atoms with Gasteiger partial charge in [0.25, 0.3) is 0 Å². The van der Waals surface area contributed by atoms with E-state index < -0.39 is 38.7 Å². The van der Waals surface area contributed by atoms with Gasteiger partial charge in [0.1, 0.15) is 0 Å². The van der Waals surface area contributed by atoms with Crippen molar-refractivity contribution >= 4 is 16.6 Å². The second-order valence-corrected chi connectivity index (χ2v) is 34.4. The normalized spacial score (nSPS) is 24.4. The van der Waals surface area contributed by atoms with Crippen LogP contribution in [0.2, 0.25) is 33.2 Å². The first-order valence-electron chi connectivity index (χ1n) is 24.1. The number of hydrogen-bond donors (Lipinski definition) is 0. The van der Waals surface area contributed by atoms with Gasteiger partial charge >= 0.3 is 347 Å². The second kappa shape index (κ2) is 20.0. The molecule has 0 amide bonds. The van der Waals surface area contributed by atoms with Crippen molar-refractivity contribution in [2.45, 2.75) is 226 Å². The van der Waals surface area contributed by atoms with Crippen molar-refractivity contribution < 1.29 is 32.7 Å². The molecule has 6 aliphatic rings. The number of hydrogen-bond acceptors (Lipinski definition) is 4. The predicted octanol–water partition coefficient (Wildman–Crippen LogP) is 15.9. The van der Waals surface area contributed by atoms with Crippen LogP contribution in [0.15, 0.2) is 60.7 Å². The topological polar surface area (TPSA) is 36.9 Å². The van der Waals surface area contributed by atoms with Crippen molar-refractivity contribution in [3.8, 4) is 11.5 Å². The summed E-state index contributed by atoms with van der Waals surface area (Å²) < 4.78 is 33.5. The van der Waals surface area contributed by atoms with E-state index in [9.17, 15) is 0 Å². The molecule has 2 aromatic carbocycles. The van der Waals surface area contributed by atoms with Crippen LogP contribution in [0.5, 0.6) is 11.5 Å². The molecular weight excluding hydrogens is 788 g/mol. The molecule has 0 heterocycles. The van der Waals surface area contributed by atoms with Gasteiger partial charge in [0.05, 0.1) is 0 Å². The molecule has 7 heteroatoms. The fourth-order valence-electron chi connectivity index (χ4n) is 13.6. The molecule has 0 bridgehead atoms. The maximum absolute atomic E-state index is 8.90. The van der Waals surface area contributed by atoms with Crippen LogP contribution in [0, 0.1) is 0 Å². The van der Waals surface area contributed by atoms with Crippen LogP contribution in [-0.4, -0.2) is 16.6 Å². The summed E-state index contributed by atoms with van der Waals surface area (Å²) in [5, 5.41) is 0. The predicted molar refractivity (Wildman–Crippen MR) is 229 cm³/mol. The molecule has 0 aromatic heterocycles. The van der Waals surface area contributed by atoms with Gasteiger partial charge in [-0.15, -0.1) is 0 Å². The Kier molecular flexibility index (Phi) is 14.9. The van der Waals surface area contributed by atoms with Crippen LogP contribution < -0.4 is 5.63 Å². The van der Waals surface area contributed by atoms with Crippen LogP contribution in [0.25, 0.3) is 0 Å². The number of para-hydroxylation sites is 2. The Labute approximate surface area is 345 Å². The van der Waals surface area contributed by atoms with E-state index in [0.29, 0.717) is 33.2 Å². The molecule has 0 unspecified atom stereocenters. The standard InChI is InChI=1S/2C18H33OSi.2C6H6O.Zr/c2*19-20(16-10-4-1-5-11-16,17-12-6-2-7-13-17)18-14-8-3-9-15-18;2*7-6-4-2-1-3-5-6;/h2*16-18H,1-15H2;2*1-5,7H;/q2*-1;;;+4/p-2. The Morgan fingerprint density at radius 2 is 0.527 bits per heavy atom. The average molecular weight is 865 g/mol. The second-order valence-electron chi connectivity index (χ2n) is 19.3. The summed E-state index contributed by atoms with van der Waals surface area (Å²) in [7, 11) is -5.09. The summed E-state index contributed by atoms with van der Waals surface area (Å²) in [6.45, 7) is 0. The van der Waals surface area contributed by atoms with E-state index >= 15 is 0 Å². The van der Waals surface area contributed by atoms with Crippen molar-refractivity contribution in [1.29, 1.82) is 0 Å². The summed E-state index contributed by atoms with van der Waals surface area (Å²) >= 11 is -5.13. The molecule has 6 fully saturated rings. The van der Waals surface area contributed by atoms with Crippen molar-refractivity contribution in [1.82, 2.24) is 0 Å². The Morgan fingerprint density at radius 3 is 0.745 bits per heavy atom. The molecular formula is C48H76O4Si2Zr. The molecule has 0 saturated heterocycles. The number of rotatable bonds is 14. The van der Waals surface area contributed by atoms with Crippen LogP contribution >= 0.6 is 0 Å². The van der Waals surface area contributed by atoms with Gasteiger partial charge in [-0.25, -0.2) is 0 Å². The third-order valence-electron chi connectivity index (χ3n) is 16.0. The Bertz CT molecular complexity index is 1190. The van der Waals surface area contributed by atoms with Gasteiger partial charge in [-0.3, -0.25) is 0 Å². The number of benzene rings is 2. The molecule has 6 aliphatic carbocycles. The van der Waals surface area contributed by atoms with Gasteiger partial charge in [0.15, 0.2) is 0 Å². The molecule has 0 N–H and O–H groups in total. The van der Waals surface area contributed by atoms with Crippen molar-refractivity contribution in [2.24, 2.45) is 0 Å². The third kappa shape index (κ3) is 9.52. The Balaban J connectivity index is 1.35. The van der Waals surface area contributed by atoms with E-state index in [2.05, 4.69) is 60.7 Å². The zero-order valence-electron chi connectivity index (χ0n) is 34.6. The SMILES string of the molecule is c1ccc([O][Zr]([O]c2ccccc2)([O][Si](C2CCCCC2)(C2CCCCC2)C2CCCCC2)[O][Si](C2CCCCC2)(C2CCCCC2)C2CCCCC2)cc1. The Morgan fingerprint density at radius 1 is 0.309 bits per heavy atom. The minimum atomic E-state index is -5.13. The van der Waals surface area contributed by atoms with Crippen LogP contribution in [0.3, 0.4) is 0 Å². The van der Waals surface area contributed by atoms with Crippen molar-refractivity contribution in [2.75, 3.05) is 0 Å². The quantitative estimate of drug-likeness (QED) is 0.177. The van der Waals surface area contributed by atoms with Gasteiger partial charge in [-0.1, -0.05) is 0 Å². The molecule has 0 aliphatic heterocycles. The zero-order chi connectivity index (χ0) is 37.2. The maximum atomic E-state index is 8.90. The van der Waals surface area contributed by atoms with Crippen LogP contribution in [-0.2, 0) is 27.0 Å². The first-order valence-corrected chi connectivity index (χ1v) is 32.4. The molecule has 6 saturated carbocycles. The van der Waals surface area contributed by atoms with Gasteiger partial charge in [0.2, 0.25) is 0 Å². The van der Waals surface area contributed by atoms with Crippen molar-refractivity contribution in [3.05, 3.63) is 60.7 Å².